The molecule has 0 aliphatic carbocycles. The number of alkyl halides is 3. The molecule has 1 atom stereocenters. The molecule has 1 aromatic heterocycles. The van der Waals surface area contributed by atoms with E-state index < -0.39 is 29.6 Å². The van der Waals surface area contributed by atoms with E-state index in [0.29, 0.717) is 48.6 Å². The number of rotatable bonds is 11. The van der Waals surface area contributed by atoms with Crippen LogP contribution in [0, 0.1) is 11.8 Å². The highest BCUT2D eigenvalue weighted by Crippen LogP contribution is 2.31. The second-order valence-electron chi connectivity index (χ2n) is 8.79. The van der Waals surface area contributed by atoms with Gasteiger partial charge in [-0.25, -0.2) is 20.9 Å². The van der Waals surface area contributed by atoms with Crippen molar-refractivity contribution in [1.82, 2.24) is 19.9 Å². The van der Waals surface area contributed by atoms with Gasteiger partial charge in [0.1, 0.15) is 5.82 Å². The highest BCUT2D eigenvalue weighted by molar-refractivity contribution is 5.92. The van der Waals surface area contributed by atoms with Crippen LogP contribution in [-0.2, 0) is 15.8 Å². The summed E-state index contributed by atoms with van der Waals surface area (Å²) in [6, 6.07) is 0.853. The molecule has 0 radical (unpaired) electrons. The van der Waals surface area contributed by atoms with Crippen LogP contribution in [0.3, 0.4) is 0 Å². The summed E-state index contributed by atoms with van der Waals surface area (Å²) in [6.07, 6.45) is -2.95. The topological polar surface area (TPSA) is 119 Å². The first-order valence-corrected chi connectivity index (χ1v) is 11.4. The zero-order valence-electron chi connectivity index (χ0n) is 19.8. The summed E-state index contributed by atoms with van der Waals surface area (Å²) in [5, 5.41) is 10.4. The molecular weight excluding hydrogens is 455 g/mol. The number of halogens is 3. The number of hydrogen-bond donors (Lipinski definition) is 2. The molecule has 3 N–H and O–H groups in total. The number of hydrazine groups is 1. The number of hydrogen-bond acceptors (Lipinski definition) is 8. The third kappa shape index (κ3) is 7.77. The summed E-state index contributed by atoms with van der Waals surface area (Å²) in [6.45, 7) is 8.78. The van der Waals surface area contributed by atoms with E-state index in [1.54, 1.807) is 4.90 Å². The average Bonchev–Trinajstić information content (AvgIpc) is 2.81. The highest BCUT2D eigenvalue weighted by Gasteiger charge is 2.36. The number of nitrogens with zero attached hydrogens (tertiary/aromatic N) is 6. The Morgan fingerprint density at radius 1 is 1.24 bits per heavy atom. The largest absolute Gasteiger partial charge is 0.433 e. The lowest BCUT2D eigenvalue weighted by Gasteiger charge is -2.35. The van der Waals surface area contributed by atoms with Gasteiger partial charge in [0.15, 0.2) is 5.69 Å². The quantitative estimate of drug-likeness (QED) is 0.160. The number of amides is 2. The first-order valence-electron chi connectivity index (χ1n) is 11.4. The van der Waals surface area contributed by atoms with Crippen molar-refractivity contribution in [3.05, 3.63) is 11.8 Å². The van der Waals surface area contributed by atoms with Crippen LogP contribution in [0.1, 0.15) is 45.7 Å². The van der Waals surface area contributed by atoms with Crippen molar-refractivity contribution in [2.75, 3.05) is 49.2 Å². The lowest BCUT2D eigenvalue weighted by Crippen LogP contribution is -2.48. The van der Waals surface area contributed by atoms with Crippen LogP contribution in [0.25, 0.3) is 0 Å². The highest BCUT2D eigenvalue weighted by atomic mass is 19.4. The Morgan fingerprint density at radius 3 is 2.41 bits per heavy atom. The summed E-state index contributed by atoms with van der Waals surface area (Å²) in [7, 11) is 0. The lowest BCUT2D eigenvalue weighted by atomic mass is 9.97. The normalized spacial score (nSPS) is 16.0. The van der Waals surface area contributed by atoms with Crippen molar-refractivity contribution in [2.24, 2.45) is 17.7 Å². The van der Waals surface area contributed by atoms with Gasteiger partial charge in [-0.2, -0.15) is 18.2 Å². The van der Waals surface area contributed by atoms with Gasteiger partial charge in [0, 0.05) is 32.2 Å². The van der Waals surface area contributed by atoms with Gasteiger partial charge in [0.25, 0.3) is 0 Å². The Labute approximate surface area is 197 Å². The predicted molar refractivity (Wildman–Crippen MR) is 120 cm³/mol. The number of likely N-dealkylation sites (N-methyl/N-ethyl adjacent to an activating group) is 1. The molecule has 1 aliphatic rings. The molecule has 0 unspecified atom stereocenters. The number of nitrogens with two attached hydrogens (primary N) is 1. The van der Waals surface area contributed by atoms with Crippen molar-refractivity contribution < 1.29 is 28.0 Å². The second-order valence-corrected chi connectivity index (χ2v) is 8.79. The lowest BCUT2D eigenvalue weighted by molar-refractivity contribution is -0.154. The van der Waals surface area contributed by atoms with Crippen molar-refractivity contribution in [2.45, 2.75) is 46.2 Å². The van der Waals surface area contributed by atoms with E-state index >= 15 is 0 Å². The molecule has 13 heteroatoms. The van der Waals surface area contributed by atoms with Crippen molar-refractivity contribution in [1.29, 1.82) is 0 Å². The Hall–Kier alpha value is -2.51. The number of hydroxylamine groups is 2. The minimum Gasteiger partial charge on any atom is -0.354 e. The average molecular weight is 490 g/mol. The molecule has 0 saturated carbocycles. The van der Waals surface area contributed by atoms with Crippen LogP contribution < -0.4 is 15.8 Å². The van der Waals surface area contributed by atoms with Gasteiger partial charge in [-0.3, -0.25) is 14.8 Å². The van der Waals surface area contributed by atoms with Gasteiger partial charge in [0.05, 0.1) is 12.5 Å². The minimum atomic E-state index is -4.77. The van der Waals surface area contributed by atoms with Crippen LogP contribution in [0.4, 0.5) is 24.9 Å². The van der Waals surface area contributed by atoms with E-state index in [1.165, 1.54) is 0 Å². The van der Waals surface area contributed by atoms with E-state index in [4.69, 9.17) is 5.84 Å². The third-order valence-electron chi connectivity index (χ3n) is 5.80. The molecular formula is C21H34F3N7O3. The van der Waals surface area contributed by atoms with E-state index in [0.717, 1.165) is 19.0 Å². The Bertz CT molecular complexity index is 817. The molecule has 1 aliphatic heterocycles. The minimum absolute atomic E-state index is 0.0318. The number of aromatic nitrogens is 2. The fraction of sp³-hybridized carbons (Fsp3) is 0.714. The molecule has 0 bridgehead atoms. The van der Waals surface area contributed by atoms with Crippen LogP contribution in [0.5, 0.6) is 0 Å². The first kappa shape index (κ1) is 27.7. The van der Waals surface area contributed by atoms with Crippen molar-refractivity contribution >= 4 is 24.1 Å². The fourth-order valence-corrected chi connectivity index (χ4v) is 3.76. The van der Waals surface area contributed by atoms with Gasteiger partial charge in [-0.05, 0) is 18.9 Å². The van der Waals surface area contributed by atoms with E-state index in [9.17, 15) is 28.0 Å². The summed E-state index contributed by atoms with van der Waals surface area (Å²) >= 11 is 0. The van der Waals surface area contributed by atoms with Gasteiger partial charge in [0.2, 0.25) is 18.3 Å². The Morgan fingerprint density at radius 2 is 1.88 bits per heavy atom. The zero-order chi connectivity index (χ0) is 25.5. The monoisotopic (exact) mass is 489 g/mol. The summed E-state index contributed by atoms with van der Waals surface area (Å²) in [5.74, 6) is 4.01. The molecule has 34 heavy (non-hydrogen) atoms. The standard InChI is InChI=1S/C21H34F3N7O3/c1-4-28-8-10-29(11-9-28)18-12-17(21(22,23)24)26-20(27-18)31(25)19(33)16(13-30(34)14-32)7-5-6-15(2)3/h12,14-16,34H,4-11,13,25H2,1-3H3/t16-/m1/s1. The molecule has 0 aromatic carbocycles. The molecule has 1 aromatic rings. The van der Waals surface area contributed by atoms with Gasteiger partial charge < -0.3 is 9.80 Å². The van der Waals surface area contributed by atoms with Crippen LogP contribution >= 0.6 is 0 Å². The van der Waals surface area contributed by atoms with Crippen LogP contribution in [-0.4, -0.2) is 76.7 Å². The molecule has 1 fully saturated rings. The van der Waals surface area contributed by atoms with Crippen LogP contribution in [0.15, 0.2) is 6.07 Å². The van der Waals surface area contributed by atoms with Crippen LogP contribution in [0.2, 0.25) is 0 Å². The molecule has 192 valence electrons. The molecule has 1 saturated heterocycles. The van der Waals surface area contributed by atoms with Gasteiger partial charge >= 0.3 is 6.18 Å². The molecule has 10 nitrogen and oxygen atoms in total. The van der Waals surface area contributed by atoms with Crippen molar-refractivity contribution in [3.8, 4) is 0 Å². The fourth-order valence-electron chi connectivity index (χ4n) is 3.76. The Balaban J connectivity index is 2.32. The summed E-state index contributed by atoms with van der Waals surface area (Å²) in [4.78, 5) is 35.5. The summed E-state index contributed by atoms with van der Waals surface area (Å²) < 4.78 is 40.7. The number of anilines is 2. The van der Waals surface area contributed by atoms with Gasteiger partial charge in [-0.1, -0.05) is 33.6 Å². The number of piperazine rings is 1. The van der Waals surface area contributed by atoms with E-state index in [-0.39, 0.29) is 25.2 Å². The van der Waals surface area contributed by atoms with Gasteiger partial charge in [-0.15, -0.1) is 0 Å². The zero-order valence-corrected chi connectivity index (χ0v) is 19.8. The van der Waals surface area contributed by atoms with E-state index in [2.05, 4.69) is 14.9 Å². The molecule has 2 amide bonds. The smallest absolute Gasteiger partial charge is 0.354 e. The number of carbonyl (C=O) groups is 2. The van der Waals surface area contributed by atoms with Crippen molar-refractivity contribution in [3.63, 3.8) is 0 Å². The predicted octanol–water partition coefficient (Wildman–Crippen LogP) is 2.13. The Kier molecular flexibility index (Phi) is 10.0. The maximum absolute atomic E-state index is 13.6. The molecule has 2 heterocycles. The van der Waals surface area contributed by atoms with E-state index in [1.807, 2.05) is 20.8 Å². The molecule has 2 rings (SSSR count). The maximum atomic E-state index is 13.6. The number of carbonyl (C=O) groups excluding carboxylic acids is 2. The maximum Gasteiger partial charge on any atom is 0.433 e. The molecule has 0 spiro atoms. The summed E-state index contributed by atoms with van der Waals surface area (Å²) in [5.41, 5.74) is -1.21. The second kappa shape index (κ2) is 12.3. The SMILES string of the molecule is CCN1CCN(c2cc(C(F)(F)F)nc(N(N)C(=O)[C@H](CCCC(C)C)CN(O)C=O)n2)CC1. The first-order chi connectivity index (χ1) is 16.0. The third-order valence-corrected chi connectivity index (χ3v) is 5.80.